The summed E-state index contributed by atoms with van der Waals surface area (Å²) in [6.07, 6.45) is 0. The number of aryl methyl sites for hydroxylation is 2. The Morgan fingerprint density at radius 2 is 1.86 bits per heavy atom. The molecule has 0 aliphatic carbocycles. The summed E-state index contributed by atoms with van der Waals surface area (Å²) < 4.78 is 20.1. The second-order valence-corrected chi connectivity index (χ2v) is 5.21. The molecule has 21 heavy (non-hydrogen) atoms. The van der Waals surface area contributed by atoms with Gasteiger partial charge in [0.1, 0.15) is 18.2 Å². The van der Waals surface area contributed by atoms with Crippen molar-refractivity contribution in [2.45, 2.75) is 26.8 Å². The lowest BCUT2D eigenvalue weighted by Gasteiger charge is -2.22. The van der Waals surface area contributed by atoms with Gasteiger partial charge in [-0.15, -0.1) is 0 Å². The van der Waals surface area contributed by atoms with E-state index < -0.39 is 0 Å². The summed E-state index contributed by atoms with van der Waals surface area (Å²) in [5.41, 5.74) is 2.58. The number of ether oxygens (including phenoxy) is 1. The summed E-state index contributed by atoms with van der Waals surface area (Å²) in [6.45, 7) is 7.02. The van der Waals surface area contributed by atoms with Gasteiger partial charge in [0, 0.05) is 5.56 Å². The monoisotopic (exact) mass is 287 g/mol. The van der Waals surface area contributed by atoms with Crippen molar-refractivity contribution in [3.8, 4) is 5.75 Å². The van der Waals surface area contributed by atoms with E-state index in [1.165, 1.54) is 0 Å². The Morgan fingerprint density at radius 3 is 2.48 bits per heavy atom. The Balaban J connectivity index is 2.19. The Labute approximate surface area is 126 Å². The molecule has 1 N–H and O–H groups in total. The first-order valence-electron chi connectivity index (χ1n) is 7.29. The second-order valence-electron chi connectivity index (χ2n) is 5.21. The lowest BCUT2D eigenvalue weighted by atomic mass is 9.98. The average Bonchev–Trinajstić information content (AvgIpc) is 2.45. The molecule has 1 unspecified atom stereocenters. The van der Waals surface area contributed by atoms with Crippen LogP contribution in [0.1, 0.15) is 29.7 Å². The van der Waals surface area contributed by atoms with E-state index in [4.69, 9.17) is 4.74 Å². The lowest BCUT2D eigenvalue weighted by molar-refractivity contribution is 0.264. The third kappa shape index (κ3) is 4.05. The highest BCUT2D eigenvalue weighted by Crippen LogP contribution is 2.24. The number of hydrogen-bond donors (Lipinski definition) is 1. The normalized spacial score (nSPS) is 12.2. The van der Waals surface area contributed by atoms with Gasteiger partial charge in [0.25, 0.3) is 0 Å². The van der Waals surface area contributed by atoms with Crippen molar-refractivity contribution in [1.29, 1.82) is 0 Å². The Kier molecular flexibility index (Phi) is 5.34. The molecular weight excluding hydrogens is 265 g/mol. The molecule has 0 heterocycles. The van der Waals surface area contributed by atoms with E-state index in [9.17, 15) is 4.39 Å². The molecule has 112 valence electrons. The fraction of sp³-hybridized carbons (Fsp3) is 0.333. The zero-order valence-electron chi connectivity index (χ0n) is 12.8. The minimum atomic E-state index is -0.171. The van der Waals surface area contributed by atoms with Crippen molar-refractivity contribution < 1.29 is 9.13 Å². The molecule has 0 bridgehead atoms. The molecule has 2 rings (SSSR count). The number of likely N-dealkylation sites (N-methyl/N-ethyl adjacent to an activating group) is 1. The van der Waals surface area contributed by atoms with E-state index in [1.807, 2.05) is 57.2 Å². The molecular formula is C18H22FNO. The van der Waals surface area contributed by atoms with Crippen LogP contribution in [-0.2, 0) is 0 Å². The fourth-order valence-corrected chi connectivity index (χ4v) is 2.56. The van der Waals surface area contributed by atoms with E-state index in [1.54, 1.807) is 6.07 Å². The van der Waals surface area contributed by atoms with Gasteiger partial charge in [-0.2, -0.15) is 0 Å². The molecule has 2 aromatic carbocycles. The molecule has 0 saturated carbocycles. The van der Waals surface area contributed by atoms with Crippen molar-refractivity contribution in [2.75, 3.05) is 13.2 Å². The first kappa shape index (κ1) is 15.5. The molecule has 0 aliphatic heterocycles. The predicted octanol–water partition coefficient (Wildman–Crippen LogP) is 4.17. The van der Waals surface area contributed by atoms with Gasteiger partial charge in [0.05, 0.1) is 6.04 Å². The van der Waals surface area contributed by atoms with Crippen LogP contribution in [0.3, 0.4) is 0 Å². The van der Waals surface area contributed by atoms with Crippen molar-refractivity contribution in [2.24, 2.45) is 0 Å². The summed E-state index contributed by atoms with van der Waals surface area (Å²) in [6, 6.07) is 13.0. The van der Waals surface area contributed by atoms with Crippen molar-refractivity contribution in [3.05, 3.63) is 65.0 Å². The number of rotatable bonds is 6. The molecule has 0 amide bonds. The van der Waals surface area contributed by atoms with Gasteiger partial charge in [0.2, 0.25) is 0 Å². The average molecular weight is 287 g/mol. The third-order valence-corrected chi connectivity index (χ3v) is 3.44. The lowest BCUT2D eigenvalue weighted by Crippen LogP contribution is -2.28. The van der Waals surface area contributed by atoms with Crippen LogP contribution in [0.4, 0.5) is 4.39 Å². The van der Waals surface area contributed by atoms with Crippen LogP contribution in [-0.4, -0.2) is 13.2 Å². The highest BCUT2D eigenvalue weighted by atomic mass is 19.1. The van der Waals surface area contributed by atoms with Gasteiger partial charge in [-0.3, -0.25) is 0 Å². The summed E-state index contributed by atoms with van der Waals surface area (Å²) in [5.74, 6) is 0.626. The summed E-state index contributed by atoms with van der Waals surface area (Å²) >= 11 is 0. The van der Waals surface area contributed by atoms with Crippen LogP contribution < -0.4 is 10.1 Å². The third-order valence-electron chi connectivity index (χ3n) is 3.44. The molecule has 0 saturated heterocycles. The number of nitrogens with one attached hydrogen (secondary N) is 1. The Morgan fingerprint density at radius 1 is 1.14 bits per heavy atom. The largest absolute Gasteiger partial charge is 0.492 e. The van der Waals surface area contributed by atoms with Crippen LogP contribution in [0.5, 0.6) is 5.75 Å². The second kappa shape index (κ2) is 7.23. The minimum Gasteiger partial charge on any atom is -0.492 e. The highest BCUT2D eigenvalue weighted by molar-refractivity contribution is 5.34. The maximum atomic E-state index is 14.3. The fourth-order valence-electron chi connectivity index (χ4n) is 2.56. The van der Waals surface area contributed by atoms with Crippen molar-refractivity contribution >= 4 is 0 Å². The van der Waals surface area contributed by atoms with Crippen LogP contribution >= 0.6 is 0 Å². The van der Waals surface area contributed by atoms with Gasteiger partial charge in [-0.25, -0.2) is 4.39 Å². The van der Waals surface area contributed by atoms with Gasteiger partial charge in [-0.05, 0) is 49.7 Å². The summed E-state index contributed by atoms with van der Waals surface area (Å²) in [4.78, 5) is 0. The standard InChI is InChI=1S/C18H22FNO/c1-4-20-17(12-21-15-8-6-5-7-9-15)18-14(3)10-13(2)11-16(18)19/h5-11,17,20H,4,12H2,1-3H3. The van der Waals surface area contributed by atoms with Crippen molar-refractivity contribution in [3.63, 3.8) is 0 Å². The summed E-state index contributed by atoms with van der Waals surface area (Å²) in [5, 5.41) is 3.31. The number of benzene rings is 2. The molecule has 0 radical (unpaired) electrons. The smallest absolute Gasteiger partial charge is 0.128 e. The first-order valence-corrected chi connectivity index (χ1v) is 7.29. The Bertz CT molecular complexity index is 560. The minimum absolute atomic E-state index is 0.157. The van der Waals surface area contributed by atoms with Gasteiger partial charge >= 0.3 is 0 Å². The SMILES string of the molecule is CCNC(COc1ccccc1)c1c(C)cc(C)cc1F. The maximum Gasteiger partial charge on any atom is 0.128 e. The van der Waals surface area contributed by atoms with E-state index in [2.05, 4.69) is 5.32 Å². The van der Waals surface area contributed by atoms with Crippen LogP contribution in [0.25, 0.3) is 0 Å². The van der Waals surface area contributed by atoms with E-state index in [0.717, 1.165) is 23.4 Å². The van der Waals surface area contributed by atoms with E-state index in [0.29, 0.717) is 12.2 Å². The molecule has 0 spiro atoms. The first-order chi connectivity index (χ1) is 10.1. The predicted molar refractivity (Wildman–Crippen MR) is 84.2 cm³/mol. The van der Waals surface area contributed by atoms with Crippen molar-refractivity contribution in [1.82, 2.24) is 5.32 Å². The van der Waals surface area contributed by atoms with Gasteiger partial charge in [-0.1, -0.05) is 31.2 Å². The molecule has 0 aliphatic rings. The van der Waals surface area contributed by atoms with Crippen LogP contribution in [0.15, 0.2) is 42.5 Å². The van der Waals surface area contributed by atoms with E-state index >= 15 is 0 Å². The van der Waals surface area contributed by atoms with Gasteiger partial charge in [0.15, 0.2) is 0 Å². The number of hydrogen-bond acceptors (Lipinski definition) is 2. The van der Waals surface area contributed by atoms with Gasteiger partial charge < -0.3 is 10.1 Å². The van der Waals surface area contributed by atoms with Crippen LogP contribution in [0.2, 0.25) is 0 Å². The topological polar surface area (TPSA) is 21.3 Å². The molecule has 1 atom stereocenters. The molecule has 0 aromatic heterocycles. The van der Waals surface area contributed by atoms with Crippen LogP contribution in [0, 0.1) is 19.7 Å². The zero-order chi connectivity index (χ0) is 15.2. The quantitative estimate of drug-likeness (QED) is 0.861. The molecule has 2 nitrogen and oxygen atoms in total. The number of halogens is 1. The summed E-state index contributed by atoms with van der Waals surface area (Å²) in [7, 11) is 0. The highest BCUT2D eigenvalue weighted by Gasteiger charge is 2.18. The molecule has 0 fully saturated rings. The molecule has 2 aromatic rings. The number of para-hydroxylation sites is 1. The van der Waals surface area contributed by atoms with E-state index in [-0.39, 0.29) is 11.9 Å². The molecule has 3 heteroatoms. The Hall–Kier alpha value is -1.87. The zero-order valence-corrected chi connectivity index (χ0v) is 12.8. The maximum absolute atomic E-state index is 14.3.